The minimum absolute atomic E-state index is 0.108. The fraction of sp³-hybridized carbons (Fsp3) is 0.362. The van der Waals surface area contributed by atoms with E-state index in [1.54, 1.807) is 65.6 Å². The van der Waals surface area contributed by atoms with E-state index in [0.29, 0.717) is 65.6 Å². The third-order valence-corrected chi connectivity index (χ3v) is 14.6. The maximum Gasteiger partial charge on any atom is 0.255 e. The Bertz CT molecular complexity index is 2610. The van der Waals surface area contributed by atoms with Crippen LogP contribution in [0.4, 0.5) is 21.5 Å². The molecule has 0 bridgehead atoms. The Labute approximate surface area is 372 Å². The number of hydrogen-bond acceptors (Lipinski definition) is 8. The minimum atomic E-state index is -1.36. The first-order chi connectivity index (χ1) is 30.4. The van der Waals surface area contributed by atoms with Crippen LogP contribution in [-0.2, 0) is 31.1 Å². The molecule has 10 rings (SSSR count). The zero-order valence-electron chi connectivity index (χ0n) is 34.1. The first kappa shape index (κ1) is 41.2. The molecule has 6 aliphatic rings. The topological polar surface area (TPSA) is 169 Å². The predicted molar refractivity (Wildman–Crippen MR) is 234 cm³/mol. The number of nitrogens with one attached hydrogen (secondary N) is 5. The molecule has 16 heteroatoms. The summed E-state index contributed by atoms with van der Waals surface area (Å²) in [6.45, 7) is 1.86. The molecular formula is C47H44Cl2FN7O6. The lowest BCUT2D eigenvalue weighted by molar-refractivity contribution is -0.137. The molecular weight excluding hydrogens is 848 g/mol. The molecule has 1 unspecified atom stereocenters. The molecule has 4 aromatic carbocycles. The van der Waals surface area contributed by atoms with Crippen LogP contribution in [0.3, 0.4) is 0 Å². The lowest BCUT2D eigenvalue weighted by atomic mass is 9.55. The van der Waals surface area contributed by atoms with Gasteiger partial charge in [0, 0.05) is 88.7 Å². The third-order valence-electron chi connectivity index (χ3n) is 14.1. The van der Waals surface area contributed by atoms with Gasteiger partial charge >= 0.3 is 0 Å². The van der Waals surface area contributed by atoms with Gasteiger partial charge in [0.2, 0.25) is 23.6 Å². The van der Waals surface area contributed by atoms with Gasteiger partial charge in [-0.2, -0.15) is 0 Å². The number of rotatable bonds is 8. The van der Waals surface area contributed by atoms with Crippen molar-refractivity contribution in [3.05, 3.63) is 123 Å². The summed E-state index contributed by atoms with van der Waals surface area (Å²) in [5.74, 6) is -3.47. The van der Waals surface area contributed by atoms with Gasteiger partial charge in [-0.15, -0.1) is 0 Å². The van der Waals surface area contributed by atoms with Crippen LogP contribution < -0.4 is 26.6 Å². The fourth-order valence-corrected chi connectivity index (χ4v) is 11.5. The molecule has 2 spiro atoms. The zero-order valence-corrected chi connectivity index (χ0v) is 35.6. The second kappa shape index (κ2) is 15.8. The van der Waals surface area contributed by atoms with Gasteiger partial charge in [0.1, 0.15) is 17.3 Å². The number of fused-ring (bicyclic) bond motifs is 4. The molecule has 13 nitrogen and oxygen atoms in total. The van der Waals surface area contributed by atoms with Gasteiger partial charge in [-0.05, 0) is 85.0 Å². The van der Waals surface area contributed by atoms with Gasteiger partial charge < -0.3 is 25.8 Å². The van der Waals surface area contributed by atoms with Gasteiger partial charge in [-0.3, -0.25) is 39.4 Å². The van der Waals surface area contributed by atoms with E-state index in [-0.39, 0.29) is 59.5 Å². The SMILES string of the molecule is O=C1CCC(N2Cc3c(NCC4CN(C(=O)c5ccc(NC(=O)[C@@H]6NC7(CCCCC7)[C@@]7(C(=O)Nc8cc(Cl)ccc87)[C@H]6c6cccc(Cl)c6F)cc5)C4)cccc3C2=O)C(=O)N1. The van der Waals surface area contributed by atoms with Gasteiger partial charge in [-0.1, -0.05) is 66.7 Å². The van der Waals surface area contributed by atoms with Gasteiger partial charge in [0.15, 0.2) is 0 Å². The number of halogens is 3. The van der Waals surface area contributed by atoms with Crippen molar-refractivity contribution in [3.8, 4) is 0 Å². The molecule has 324 valence electrons. The number of nitrogens with zero attached hydrogens (tertiary/aromatic N) is 2. The Morgan fingerprint density at radius 3 is 2.41 bits per heavy atom. The van der Waals surface area contributed by atoms with Gasteiger partial charge in [0.25, 0.3) is 11.8 Å². The molecule has 3 saturated heterocycles. The van der Waals surface area contributed by atoms with Crippen molar-refractivity contribution in [1.82, 2.24) is 20.4 Å². The highest BCUT2D eigenvalue weighted by molar-refractivity contribution is 6.31. The Morgan fingerprint density at radius 1 is 0.889 bits per heavy atom. The largest absolute Gasteiger partial charge is 0.384 e. The summed E-state index contributed by atoms with van der Waals surface area (Å²) >= 11 is 12.8. The summed E-state index contributed by atoms with van der Waals surface area (Å²) < 4.78 is 16.3. The predicted octanol–water partition coefficient (Wildman–Crippen LogP) is 6.36. The van der Waals surface area contributed by atoms with Crippen molar-refractivity contribution in [2.24, 2.45) is 5.92 Å². The summed E-state index contributed by atoms with van der Waals surface area (Å²) in [5, 5.41) is 15.8. The van der Waals surface area contributed by atoms with E-state index in [1.165, 1.54) is 11.0 Å². The fourth-order valence-electron chi connectivity index (χ4n) is 11.2. The highest BCUT2D eigenvalue weighted by Gasteiger charge is 2.72. The first-order valence-corrected chi connectivity index (χ1v) is 22.2. The van der Waals surface area contributed by atoms with Crippen molar-refractivity contribution in [2.45, 2.75) is 80.4 Å². The Morgan fingerprint density at radius 2 is 1.65 bits per heavy atom. The molecule has 6 amide bonds. The number of piperidine rings is 1. The summed E-state index contributed by atoms with van der Waals surface area (Å²) in [5.41, 5.74) is 2.12. The second-order valence-corrected chi connectivity index (χ2v) is 18.4. The van der Waals surface area contributed by atoms with Crippen molar-refractivity contribution in [2.75, 3.05) is 35.6 Å². The highest BCUT2D eigenvalue weighted by Crippen LogP contribution is 2.63. The van der Waals surface area contributed by atoms with Crippen LogP contribution >= 0.6 is 23.2 Å². The maximum atomic E-state index is 16.3. The minimum Gasteiger partial charge on any atom is -0.384 e. The van der Waals surface area contributed by atoms with Crippen molar-refractivity contribution < 1.29 is 33.2 Å². The normalized spacial score (nSPS) is 24.8. The number of imide groups is 1. The van der Waals surface area contributed by atoms with E-state index in [2.05, 4.69) is 26.6 Å². The molecule has 1 saturated carbocycles. The highest BCUT2D eigenvalue weighted by atomic mass is 35.5. The Balaban J connectivity index is 0.821. The van der Waals surface area contributed by atoms with Gasteiger partial charge in [0.05, 0.1) is 11.1 Å². The smallest absolute Gasteiger partial charge is 0.255 e. The lowest BCUT2D eigenvalue weighted by Crippen LogP contribution is -2.60. The van der Waals surface area contributed by atoms with E-state index in [4.69, 9.17) is 23.2 Å². The van der Waals surface area contributed by atoms with E-state index < -0.39 is 46.6 Å². The molecule has 4 atom stereocenters. The Hall–Kier alpha value is -5.83. The standard InChI is InChI=1S/C47H44Cl2FN7O6/c48-27-12-15-32-35(20-27)53-45(63)47(32)38(30-7-4-8-33(49)39(30)50)40(55-46(47)18-2-1-3-19-46)42(60)52-28-13-10-26(11-14-28)43(61)56-22-25(23-56)21-51-34-9-5-6-29-31(34)24-57(44(29)62)36-16-17-37(58)54-41(36)59/h4-15,20,25,36,38,40,51,55H,1-3,16-19,21-24H2,(H,52,60)(H,53,63)(H,54,58,59)/t36?,38-,40+,47+/m0/s1. The molecule has 4 fully saturated rings. The number of likely N-dealkylation sites (tertiary alicyclic amines) is 1. The zero-order chi connectivity index (χ0) is 43.8. The molecule has 4 aromatic rings. The molecule has 1 aliphatic carbocycles. The number of anilines is 3. The van der Waals surface area contributed by atoms with Crippen molar-refractivity contribution in [1.29, 1.82) is 0 Å². The Kier molecular flexibility index (Phi) is 10.3. The summed E-state index contributed by atoms with van der Waals surface area (Å²) in [6, 6.07) is 20.3. The van der Waals surface area contributed by atoms with E-state index in [1.807, 2.05) is 12.1 Å². The summed E-state index contributed by atoms with van der Waals surface area (Å²) in [4.78, 5) is 83.5. The number of benzene rings is 4. The lowest BCUT2D eigenvalue weighted by Gasteiger charge is -2.47. The van der Waals surface area contributed by atoms with E-state index in [0.717, 1.165) is 30.5 Å². The van der Waals surface area contributed by atoms with E-state index >= 15 is 4.39 Å². The van der Waals surface area contributed by atoms with Crippen LogP contribution in [-0.4, -0.2) is 82.5 Å². The number of amides is 6. The quantitative estimate of drug-likeness (QED) is 0.127. The molecule has 0 aromatic heterocycles. The molecule has 63 heavy (non-hydrogen) atoms. The maximum absolute atomic E-state index is 16.3. The molecule has 0 radical (unpaired) electrons. The second-order valence-electron chi connectivity index (χ2n) is 17.6. The van der Waals surface area contributed by atoms with Crippen molar-refractivity contribution in [3.63, 3.8) is 0 Å². The van der Waals surface area contributed by atoms with E-state index in [9.17, 15) is 28.8 Å². The third kappa shape index (κ3) is 6.67. The first-order valence-electron chi connectivity index (χ1n) is 21.4. The van der Waals surface area contributed by atoms with Crippen LogP contribution in [0.2, 0.25) is 10.0 Å². The van der Waals surface area contributed by atoms with Crippen LogP contribution in [0, 0.1) is 11.7 Å². The van der Waals surface area contributed by atoms with Crippen LogP contribution in [0.25, 0.3) is 0 Å². The number of carbonyl (C=O) groups excluding carboxylic acids is 6. The molecule has 5 heterocycles. The summed E-state index contributed by atoms with van der Waals surface area (Å²) in [6.07, 6.45) is 4.26. The average molecular weight is 893 g/mol. The summed E-state index contributed by atoms with van der Waals surface area (Å²) in [7, 11) is 0. The van der Waals surface area contributed by atoms with Crippen LogP contribution in [0.15, 0.2) is 78.9 Å². The number of hydrogen-bond donors (Lipinski definition) is 5. The van der Waals surface area contributed by atoms with Crippen LogP contribution in [0.5, 0.6) is 0 Å². The monoisotopic (exact) mass is 891 g/mol. The number of carbonyl (C=O) groups is 6. The van der Waals surface area contributed by atoms with Gasteiger partial charge in [-0.25, -0.2) is 4.39 Å². The molecule has 5 N–H and O–H groups in total. The van der Waals surface area contributed by atoms with Crippen molar-refractivity contribution >= 4 is 75.7 Å². The van der Waals surface area contributed by atoms with Crippen LogP contribution in [0.1, 0.15) is 88.3 Å². The molecule has 5 aliphatic heterocycles. The average Bonchev–Trinajstić information content (AvgIpc) is 3.85.